The van der Waals surface area contributed by atoms with Crippen molar-refractivity contribution in [2.45, 2.75) is 39.5 Å². The lowest BCUT2D eigenvalue weighted by Gasteiger charge is -2.23. The van der Waals surface area contributed by atoms with Gasteiger partial charge in [0.1, 0.15) is 5.83 Å². The van der Waals surface area contributed by atoms with E-state index in [4.69, 9.17) is 0 Å². The summed E-state index contributed by atoms with van der Waals surface area (Å²) in [5, 5.41) is 10.8. The second-order valence-electron chi connectivity index (χ2n) is 4.66. The van der Waals surface area contributed by atoms with Gasteiger partial charge in [-0.15, -0.1) is 0 Å². The first-order valence-electron chi connectivity index (χ1n) is 6.66. The number of halogens is 1. The Bertz CT molecular complexity index is 406. The lowest BCUT2D eigenvalue weighted by molar-refractivity contribution is -0.419. The van der Waals surface area contributed by atoms with Gasteiger partial charge in [0.05, 0.1) is 11.0 Å². The molecular weight excluding hydrogens is 247 g/mol. The highest BCUT2D eigenvalue weighted by Crippen LogP contribution is 2.19. The fourth-order valence-electron chi connectivity index (χ4n) is 2.12. The van der Waals surface area contributed by atoms with Gasteiger partial charge in [-0.1, -0.05) is 18.9 Å². The van der Waals surface area contributed by atoms with Crippen molar-refractivity contribution < 1.29 is 9.31 Å². The van der Waals surface area contributed by atoms with Crippen molar-refractivity contribution >= 4 is 0 Å². The van der Waals surface area contributed by atoms with Gasteiger partial charge < -0.3 is 4.90 Å². The lowest BCUT2D eigenvalue weighted by atomic mass is 10.2. The smallest absolute Gasteiger partial charge is 0.272 e. The third-order valence-corrected chi connectivity index (χ3v) is 3.25. The van der Waals surface area contributed by atoms with Crippen molar-refractivity contribution in [3.8, 4) is 0 Å². The van der Waals surface area contributed by atoms with Crippen LogP contribution in [0.15, 0.2) is 35.4 Å². The van der Waals surface area contributed by atoms with Crippen LogP contribution in [0.3, 0.4) is 0 Å². The zero-order valence-electron chi connectivity index (χ0n) is 11.6. The fourth-order valence-corrected chi connectivity index (χ4v) is 2.12. The quantitative estimate of drug-likeness (QED) is 0.442. The monoisotopic (exact) mass is 268 g/mol. The minimum absolute atomic E-state index is 0.228. The number of hydrogen-bond donors (Lipinski definition) is 0. The predicted molar refractivity (Wildman–Crippen MR) is 73.7 cm³/mol. The number of rotatable bonds is 4. The molecule has 0 unspecified atom stereocenters. The second kappa shape index (κ2) is 7.71. The van der Waals surface area contributed by atoms with Gasteiger partial charge in [0.2, 0.25) is 0 Å². The number of likely N-dealkylation sites (tertiary alicyclic amines) is 1. The zero-order chi connectivity index (χ0) is 14.3. The number of nitro groups is 1. The highest BCUT2D eigenvalue weighted by atomic mass is 19.1. The molecule has 0 aromatic carbocycles. The molecule has 0 aliphatic carbocycles. The van der Waals surface area contributed by atoms with E-state index in [1.165, 1.54) is 25.0 Å². The molecular formula is C14H21FN2O2. The summed E-state index contributed by atoms with van der Waals surface area (Å²) in [7, 11) is 0. The zero-order valence-corrected chi connectivity index (χ0v) is 11.6. The topological polar surface area (TPSA) is 46.4 Å². The van der Waals surface area contributed by atoms with Crippen molar-refractivity contribution in [2.75, 3.05) is 13.1 Å². The summed E-state index contributed by atoms with van der Waals surface area (Å²) in [6, 6.07) is 0. The normalized spacial score (nSPS) is 19.3. The van der Waals surface area contributed by atoms with Crippen LogP contribution < -0.4 is 0 Å². The minimum atomic E-state index is -0.574. The van der Waals surface area contributed by atoms with Gasteiger partial charge in [0.15, 0.2) is 0 Å². The molecule has 1 aliphatic heterocycles. The van der Waals surface area contributed by atoms with E-state index in [0.29, 0.717) is 5.70 Å². The van der Waals surface area contributed by atoms with Crippen molar-refractivity contribution in [1.82, 2.24) is 4.90 Å². The van der Waals surface area contributed by atoms with E-state index in [9.17, 15) is 14.5 Å². The van der Waals surface area contributed by atoms with E-state index in [1.807, 2.05) is 4.90 Å². The first kappa shape index (κ1) is 15.4. The molecule has 19 heavy (non-hydrogen) atoms. The Morgan fingerprint density at radius 1 is 1.26 bits per heavy atom. The van der Waals surface area contributed by atoms with Crippen LogP contribution in [-0.2, 0) is 0 Å². The van der Waals surface area contributed by atoms with Crippen molar-refractivity contribution in [3.63, 3.8) is 0 Å². The number of allylic oxidation sites excluding steroid dienone is 5. The molecule has 106 valence electrons. The Labute approximate surface area is 113 Å². The van der Waals surface area contributed by atoms with E-state index in [0.717, 1.165) is 32.0 Å². The first-order chi connectivity index (χ1) is 9.06. The number of nitrogens with zero attached hydrogens (tertiary/aromatic N) is 2. The Morgan fingerprint density at radius 3 is 2.32 bits per heavy atom. The average Bonchev–Trinajstić information content (AvgIpc) is 2.65. The van der Waals surface area contributed by atoms with Crippen LogP contribution in [0.1, 0.15) is 39.5 Å². The van der Waals surface area contributed by atoms with Gasteiger partial charge in [-0.3, -0.25) is 10.1 Å². The van der Waals surface area contributed by atoms with Crippen molar-refractivity contribution in [3.05, 3.63) is 45.6 Å². The Balaban J connectivity index is 2.92. The minimum Gasteiger partial charge on any atom is -0.373 e. The summed E-state index contributed by atoms with van der Waals surface area (Å²) < 4.78 is 14.1. The van der Waals surface area contributed by atoms with E-state index in [-0.39, 0.29) is 5.70 Å². The second-order valence-corrected chi connectivity index (χ2v) is 4.66. The van der Waals surface area contributed by atoms with Crippen LogP contribution >= 0.6 is 0 Å². The van der Waals surface area contributed by atoms with Gasteiger partial charge in [0.25, 0.3) is 5.70 Å². The molecule has 1 heterocycles. The maximum atomic E-state index is 14.1. The van der Waals surface area contributed by atoms with Crippen LogP contribution in [0, 0.1) is 10.1 Å². The molecule has 0 radical (unpaired) electrons. The van der Waals surface area contributed by atoms with Crippen molar-refractivity contribution in [1.29, 1.82) is 0 Å². The number of hydrogen-bond acceptors (Lipinski definition) is 3. The van der Waals surface area contributed by atoms with Gasteiger partial charge in [0, 0.05) is 24.9 Å². The summed E-state index contributed by atoms with van der Waals surface area (Å²) in [4.78, 5) is 12.2. The predicted octanol–water partition coefficient (Wildman–Crippen LogP) is 3.80. The molecule has 0 aromatic heterocycles. The summed E-state index contributed by atoms with van der Waals surface area (Å²) in [5.74, 6) is -0.522. The molecule has 1 aliphatic rings. The molecule has 1 rings (SSSR count). The van der Waals surface area contributed by atoms with Crippen LogP contribution in [0.5, 0.6) is 0 Å². The first-order valence-corrected chi connectivity index (χ1v) is 6.66. The lowest BCUT2D eigenvalue weighted by Crippen LogP contribution is -2.23. The molecule has 0 saturated carbocycles. The Morgan fingerprint density at radius 2 is 1.84 bits per heavy atom. The molecule has 1 fully saturated rings. The summed E-state index contributed by atoms with van der Waals surface area (Å²) in [6.45, 7) is 5.00. The maximum absolute atomic E-state index is 14.1. The third kappa shape index (κ3) is 4.85. The Hall–Kier alpha value is -1.65. The van der Waals surface area contributed by atoms with Crippen molar-refractivity contribution in [2.24, 2.45) is 0 Å². The van der Waals surface area contributed by atoms with E-state index in [2.05, 4.69) is 0 Å². The molecule has 0 bridgehead atoms. The third-order valence-electron chi connectivity index (χ3n) is 3.25. The van der Waals surface area contributed by atoms with Crippen LogP contribution in [0.2, 0.25) is 0 Å². The SMILES string of the molecule is C\C=C/C(=C\C(F)=C(/C)N1CCCCCC1)[N+](=O)[O-]. The fraction of sp³-hybridized carbons (Fsp3) is 0.571. The van der Waals surface area contributed by atoms with E-state index >= 15 is 0 Å². The molecule has 1 saturated heterocycles. The average molecular weight is 268 g/mol. The van der Waals surface area contributed by atoms with E-state index in [1.54, 1.807) is 13.8 Å². The highest BCUT2D eigenvalue weighted by molar-refractivity contribution is 5.24. The van der Waals surface area contributed by atoms with Crippen LogP contribution in [0.25, 0.3) is 0 Å². The van der Waals surface area contributed by atoms with E-state index < -0.39 is 10.8 Å². The Kier molecular flexibility index (Phi) is 6.25. The maximum Gasteiger partial charge on any atom is 0.272 e. The summed E-state index contributed by atoms with van der Waals surface area (Å²) in [5.41, 5.74) is 0.264. The standard InChI is InChI=1S/C14H21FN2O2/c1-3-8-13(17(18)19)11-14(15)12(2)16-9-6-4-5-7-10-16/h3,8,11H,4-7,9-10H2,1-2H3/b8-3-,13-11+,14-12-. The molecule has 0 spiro atoms. The van der Waals surface area contributed by atoms with Gasteiger partial charge in [-0.05, 0) is 26.7 Å². The molecule has 4 nitrogen and oxygen atoms in total. The molecule has 5 heteroatoms. The van der Waals surface area contributed by atoms with Gasteiger partial charge >= 0.3 is 0 Å². The summed E-state index contributed by atoms with van der Waals surface area (Å²) >= 11 is 0. The molecule has 0 aromatic rings. The molecule has 0 atom stereocenters. The molecule has 0 amide bonds. The largest absolute Gasteiger partial charge is 0.373 e. The van der Waals surface area contributed by atoms with Crippen LogP contribution in [0.4, 0.5) is 4.39 Å². The van der Waals surface area contributed by atoms with Gasteiger partial charge in [-0.2, -0.15) is 0 Å². The molecule has 0 N–H and O–H groups in total. The highest BCUT2D eigenvalue weighted by Gasteiger charge is 2.14. The summed E-state index contributed by atoms with van der Waals surface area (Å²) in [6.07, 6.45) is 8.26. The van der Waals surface area contributed by atoms with Gasteiger partial charge in [-0.25, -0.2) is 4.39 Å². The van der Waals surface area contributed by atoms with Crippen LogP contribution in [-0.4, -0.2) is 22.9 Å².